The Morgan fingerprint density at radius 3 is 2.84 bits per heavy atom. The summed E-state index contributed by atoms with van der Waals surface area (Å²) in [5, 5.41) is 7.80. The number of amides is 1. The quantitative estimate of drug-likeness (QED) is 0.398. The first-order valence-electron chi connectivity index (χ1n) is 10.2. The van der Waals surface area contributed by atoms with Gasteiger partial charge in [0, 0.05) is 32.0 Å². The van der Waals surface area contributed by atoms with Crippen molar-refractivity contribution < 1.29 is 4.79 Å². The van der Waals surface area contributed by atoms with Gasteiger partial charge in [0.25, 0.3) is 11.5 Å². The highest BCUT2D eigenvalue weighted by atomic mass is 127. The van der Waals surface area contributed by atoms with Gasteiger partial charge in [0.05, 0.1) is 17.9 Å². The van der Waals surface area contributed by atoms with Gasteiger partial charge in [0.15, 0.2) is 5.65 Å². The summed E-state index contributed by atoms with van der Waals surface area (Å²) in [6.45, 7) is 0.546. The van der Waals surface area contributed by atoms with Crippen molar-refractivity contribution in [3.63, 3.8) is 0 Å². The number of nitrogens with one attached hydrogen (secondary N) is 1. The van der Waals surface area contributed by atoms with E-state index in [1.165, 1.54) is 4.57 Å². The number of aryl methyl sites for hydroxylation is 1. The highest BCUT2D eigenvalue weighted by Crippen LogP contribution is 2.34. The van der Waals surface area contributed by atoms with E-state index in [-0.39, 0.29) is 29.1 Å². The van der Waals surface area contributed by atoms with Gasteiger partial charge in [-0.3, -0.25) is 14.6 Å². The Balaban J connectivity index is 1.46. The molecule has 9 nitrogen and oxygen atoms in total. The van der Waals surface area contributed by atoms with E-state index in [0.717, 1.165) is 20.9 Å². The van der Waals surface area contributed by atoms with Crippen LogP contribution in [0.3, 0.4) is 0 Å². The first kappa shape index (κ1) is 20.6. The molecule has 0 bridgehead atoms. The van der Waals surface area contributed by atoms with Crippen molar-refractivity contribution in [3.05, 3.63) is 86.4 Å². The van der Waals surface area contributed by atoms with E-state index in [2.05, 4.69) is 42.8 Å². The summed E-state index contributed by atoms with van der Waals surface area (Å²) in [7, 11) is 1.63. The summed E-state index contributed by atoms with van der Waals surface area (Å²) < 4.78 is 4.11. The second kappa shape index (κ2) is 8.34. The van der Waals surface area contributed by atoms with Crippen molar-refractivity contribution in [2.24, 2.45) is 7.05 Å². The Hall–Kier alpha value is -3.28. The first-order valence-corrected chi connectivity index (χ1v) is 11.2. The number of halogens is 1. The predicted octanol–water partition coefficient (Wildman–Crippen LogP) is 2.18. The molecule has 1 saturated heterocycles. The van der Waals surface area contributed by atoms with Crippen molar-refractivity contribution in [2.75, 3.05) is 11.4 Å². The third kappa shape index (κ3) is 3.74. The molecule has 0 aromatic carbocycles. The van der Waals surface area contributed by atoms with Gasteiger partial charge in [-0.2, -0.15) is 0 Å². The number of rotatable bonds is 4. The van der Waals surface area contributed by atoms with Gasteiger partial charge in [-0.05, 0) is 65.4 Å². The largest absolute Gasteiger partial charge is 0.347 e. The summed E-state index contributed by atoms with van der Waals surface area (Å²) in [5.41, 5.74) is 1.50. The molecule has 1 unspecified atom stereocenters. The smallest absolute Gasteiger partial charge is 0.263 e. The normalized spacial score (nSPS) is 18.2. The summed E-state index contributed by atoms with van der Waals surface area (Å²) in [6, 6.07) is 12.7. The lowest BCUT2D eigenvalue weighted by Gasteiger charge is -2.25. The molecule has 32 heavy (non-hydrogen) atoms. The SMILES string of the molecule is Cn1cccc(C(=O)N[C@H]2CC(c3ccccn3)N(c3ccc4ncc(I)n4n3)C2)c1=O. The van der Waals surface area contributed by atoms with Crippen LogP contribution in [0.2, 0.25) is 0 Å². The minimum atomic E-state index is -0.370. The molecule has 5 rings (SSSR count). The van der Waals surface area contributed by atoms with Crippen LogP contribution in [0.25, 0.3) is 5.65 Å². The number of fused-ring (bicyclic) bond motifs is 1. The van der Waals surface area contributed by atoms with Gasteiger partial charge in [-0.1, -0.05) is 6.07 Å². The molecule has 5 heterocycles. The number of hydrogen-bond donors (Lipinski definition) is 1. The first-order chi connectivity index (χ1) is 15.5. The molecule has 0 spiro atoms. The third-order valence-electron chi connectivity index (χ3n) is 5.63. The van der Waals surface area contributed by atoms with E-state index in [4.69, 9.17) is 5.10 Å². The van der Waals surface area contributed by atoms with E-state index in [9.17, 15) is 9.59 Å². The average molecular weight is 541 g/mol. The summed E-state index contributed by atoms with van der Waals surface area (Å²) >= 11 is 2.20. The third-order valence-corrected chi connectivity index (χ3v) is 6.37. The van der Waals surface area contributed by atoms with Crippen molar-refractivity contribution in [1.29, 1.82) is 0 Å². The maximum Gasteiger partial charge on any atom is 0.263 e. The highest BCUT2D eigenvalue weighted by molar-refractivity contribution is 14.1. The molecule has 0 aliphatic carbocycles. The molecular weight excluding hydrogens is 521 g/mol. The molecule has 1 aliphatic heterocycles. The molecule has 4 aromatic rings. The van der Waals surface area contributed by atoms with Crippen molar-refractivity contribution >= 4 is 40.0 Å². The molecular formula is C22H20IN7O2. The molecule has 2 atom stereocenters. The number of pyridine rings is 2. The lowest BCUT2D eigenvalue weighted by molar-refractivity contribution is 0.0937. The van der Waals surface area contributed by atoms with Crippen LogP contribution in [0.1, 0.15) is 28.5 Å². The Labute approximate surface area is 197 Å². The zero-order valence-corrected chi connectivity index (χ0v) is 19.4. The Kier molecular flexibility index (Phi) is 5.37. The van der Waals surface area contributed by atoms with E-state index < -0.39 is 0 Å². The lowest BCUT2D eigenvalue weighted by Crippen LogP contribution is -2.40. The molecule has 4 aromatic heterocycles. The zero-order valence-electron chi connectivity index (χ0n) is 17.2. The van der Waals surface area contributed by atoms with Gasteiger partial charge < -0.3 is 14.8 Å². The molecule has 1 N–H and O–H groups in total. The molecule has 0 radical (unpaired) electrons. The molecule has 10 heteroatoms. The molecule has 1 fully saturated rings. The number of carbonyl (C=O) groups is 1. The number of imidazole rings is 1. The molecule has 1 aliphatic rings. The van der Waals surface area contributed by atoms with Crippen LogP contribution >= 0.6 is 22.6 Å². The van der Waals surface area contributed by atoms with Gasteiger partial charge in [0.2, 0.25) is 0 Å². The highest BCUT2D eigenvalue weighted by Gasteiger charge is 2.36. The molecule has 0 saturated carbocycles. The fourth-order valence-corrected chi connectivity index (χ4v) is 4.56. The fraction of sp³-hybridized carbons (Fsp3) is 0.227. The van der Waals surface area contributed by atoms with Crippen molar-refractivity contribution in [2.45, 2.75) is 18.5 Å². The Morgan fingerprint density at radius 2 is 2.03 bits per heavy atom. The minimum Gasteiger partial charge on any atom is -0.347 e. The fourth-order valence-electron chi connectivity index (χ4n) is 4.07. The Morgan fingerprint density at radius 1 is 1.16 bits per heavy atom. The average Bonchev–Trinajstić information content (AvgIpc) is 3.39. The molecule has 1 amide bonds. The minimum absolute atomic E-state index is 0.0637. The van der Waals surface area contributed by atoms with Crippen LogP contribution in [-0.4, -0.2) is 42.6 Å². The van der Waals surface area contributed by atoms with Gasteiger partial charge in [-0.15, -0.1) is 5.10 Å². The Bertz CT molecular complexity index is 1350. The second-order valence-electron chi connectivity index (χ2n) is 7.71. The topological polar surface area (TPSA) is 97.4 Å². The second-order valence-corrected chi connectivity index (χ2v) is 8.81. The predicted molar refractivity (Wildman–Crippen MR) is 128 cm³/mol. The van der Waals surface area contributed by atoms with Gasteiger partial charge in [0.1, 0.15) is 15.1 Å². The van der Waals surface area contributed by atoms with Gasteiger partial charge in [-0.25, -0.2) is 9.50 Å². The maximum absolute atomic E-state index is 12.9. The monoisotopic (exact) mass is 541 g/mol. The van der Waals surface area contributed by atoms with Crippen LogP contribution in [0, 0.1) is 3.70 Å². The van der Waals surface area contributed by atoms with Crippen LogP contribution in [0.5, 0.6) is 0 Å². The van der Waals surface area contributed by atoms with Crippen LogP contribution < -0.4 is 15.8 Å². The number of carbonyl (C=O) groups excluding carboxylic acids is 1. The zero-order chi connectivity index (χ0) is 22.2. The number of hydrogen-bond acceptors (Lipinski definition) is 6. The number of aromatic nitrogens is 5. The standard InChI is InChI=1S/C22H20IN7O2/c1-28-10-4-5-15(22(28)32)21(31)26-14-11-17(16-6-2-3-9-24-16)29(13-14)20-8-7-19-25-12-18(23)30(19)27-20/h2-10,12,14,17H,11,13H2,1H3,(H,26,31)/t14-,17?/m0/s1. The summed E-state index contributed by atoms with van der Waals surface area (Å²) in [5.74, 6) is 0.404. The van der Waals surface area contributed by atoms with E-state index in [1.807, 2.05) is 30.3 Å². The van der Waals surface area contributed by atoms with E-state index in [0.29, 0.717) is 13.0 Å². The van der Waals surface area contributed by atoms with E-state index in [1.54, 1.807) is 42.3 Å². The summed E-state index contributed by atoms with van der Waals surface area (Å²) in [4.78, 5) is 36.2. The van der Waals surface area contributed by atoms with Crippen molar-refractivity contribution in [1.82, 2.24) is 29.5 Å². The van der Waals surface area contributed by atoms with E-state index >= 15 is 0 Å². The van der Waals surface area contributed by atoms with Crippen LogP contribution in [0.15, 0.2) is 65.8 Å². The van der Waals surface area contributed by atoms with Crippen LogP contribution in [-0.2, 0) is 7.05 Å². The number of anilines is 1. The summed E-state index contributed by atoms with van der Waals surface area (Å²) in [6.07, 6.45) is 5.82. The molecule has 162 valence electrons. The van der Waals surface area contributed by atoms with Crippen molar-refractivity contribution in [3.8, 4) is 0 Å². The number of nitrogens with zero attached hydrogens (tertiary/aromatic N) is 6. The maximum atomic E-state index is 12.9. The van der Waals surface area contributed by atoms with Crippen LogP contribution in [0.4, 0.5) is 5.82 Å². The van der Waals surface area contributed by atoms with Gasteiger partial charge >= 0.3 is 0 Å². The lowest BCUT2D eigenvalue weighted by atomic mass is 10.1.